The lowest BCUT2D eigenvalue weighted by molar-refractivity contribution is 0.00910. The summed E-state index contributed by atoms with van der Waals surface area (Å²) in [5.41, 5.74) is -1.59. The van der Waals surface area contributed by atoms with Crippen LogP contribution < -0.4 is 10.1 Å². The first-order chi connectivity index (χ1) is 20.4. The average molecular weight is 656 g/mol. The highest BCUT2D eigenvalue weighted by Gasteiger charge is 2.50. The van der Waals surface area contributed by atoms with Crippen LogP contribution in [0.3, 0.4) is 0 Å². The second-order valence-corrected chi connectivity index (χ2v) is 12.3. The third-order valence-corrected chi connectivity index (χ3v) is 8.88. The predicted molar refractivity (Wildman–Crippen MR) is 157 cm³/mol. The average Bonchev–Trinajstić information content (AvgIpc) is 3.90. The van der Waals surface area contributed by atoms with E-state index in [4.69, 9.17) is 4.74 Å². The van der Waals surface area contributed by atoms with Gasteiger partial charge in [0.2, 0.25) is 6.36 Å². The van der Waals surface area contributed by atoms with E-state index in [0.29, 0.717) is 46.8 Å². The van der Waals surface area contributed by atoms with E-state index in [0.717, 1.165) is 0 Å². The van der Waals surface area contributed by atoms with Crippen LogP contribution in [0.5, 0.6) is 5.75 Å². The summed E-state index contributed by atoms with van der Waals surface area (Å²) in [7, 11) is 0. The van der Waals surface area contributed by atoms with E-state index in [-0.39, 0.29) is 46.3 Å². The standard InChI is InChI=1S/C32H29BrF3N3O4/c1-16-24(33)12-19-11-20(13-25(28(19)38-16)43-17(2)34)30(40)37-15-32(42,21-5-6-21)26-14-23(31(41)9-10-31)27(36)29(39-26)18-3-7-22(35)8-4-18/h3-4,7-8,11-14,17,21,41-42H,5-6,9-10,15H2,1-2H3,(H,37,40)/t17?,32-/m1/s1. The van der Waals surface area contributed by atoms with Crippen LogP contribution >= 0.6 is 15.9 Å². The van der Waals surface area contributed by atoms with Crippen molar-refractivity contribution in [3.63, 3.8) is 0 Å². The molecule has 3 N–H and O–H groups in total. The van der Waals surface area contributed by atoms with Gasteiger partial charge in [-0.25, -0.2) is 23.1 Å². The highest BCUT2D eigenvalue weighted by molar-refractivity contribution is 9.10. The Morgan fingerprint density at radius 2 is 1.86 bits per heavy atom. The topological polar surface area (TPSA) is 105 Å². The van der Waals surface area contributed by atoms with Crippen LogP contribution in [0.4, 0.5) is 13.2 Å². The maximum atomic E-state index is 15.7. The molecule has 2 aromatic heterocycles. The van der Waals surface area contributed by atoms with Crippen LogP contribution in [0.15, 0.2) is 53.0 Å². The minimum Gasteiger partial charge on any atom is -0.458 e. The first kappa shape index (κ1) is 29.5. The van der Waals surface area contributed by atoms with Gasteiger partial charge in [0.05, 0.1) is 23.5 Å². The number of alkyl halides is 1. The number of pyridine rings is 2. The summed E-state index contributed by atoms with van der Waals surface area (Å²) in [5.74, 6) is -1.98. The molecule has 2 heterocycles. The number of benzene rings is 2. The lowest BCUT2D eigenvalue weighted by atomic mass is 9.89. The molecular formula is C32H29BrF3N3O4. The molecule has 7 nitrogen and oxygen atoms in total. The molecule has 43 heavy (non-hydrogen) atoms. The van der Waals surface area contributed by atoms with Crippen molar-refractivity contribution in [1.82, 2.24) is 15.3 Å². The highest BCUT2D eigenvalue weighted by Crippen LogP contribution is 2.50. The zero-order valence-electron chi connectivity index (χ0n) is 23.4. The van der Waals surface area contributed by atoms with Crippen molar-refractivity contribution < 1.29 is 32.9 Å². The Labute approximate surface area is 254 Å². The number of fused-ring (bicyclic) bond motifs is 1. The molecule has 4 aromatic rings. The molecule has 0 bridgehead atoms. The van der Waals surface area contributed by atoms with Crippen molar-refractivity contribution >= 4 is 32.7 Å². The molecule has 0 radical (unpaired) electrons. The van der Waals surface area contributed by atoms with Crippen LogP contribution in [0, 0.1) is 24.5 Å². The number of hydrogen-bond donors (Lipinski definition) is 3. The number of ether oxygens (including phenoxy) is 1. The Balaban J connectivity index is 1.36. The molecule has 2 fully saturated rings. The van der Waals surface area contributed by atoms with E-state index in [9.17, 15) is 23.8 Å². The molecule has 2 aromatic carbocycles. The number of halogens is 4. The van der Waals surface area contributed by atoms with Crippen LogP contribution in [-0.2, 0) is 11.2 Å². The van der Waals surface area contributed by atoms with Crippen molar-refractivity contribution in [3.8, 4) is 17.0 Å². The van der Waals surface area contributed by atoms with E-state index in [1.807, 2.05) is 0 Å². The van der Waals surface area contributed by atoms with E-state index in [1.54, 1.807) is 19.1 Å². The van der Waals surface area contributed by atoms with Crippen molar-refractivity contribution in [2.24, 2.45) is 5.92 Å². The maximum absolute atomic E-state index is 15.7. The van der Waals surface area contributed by atoms with Crippen LogP contribution in [0.2, 0.25) is 0 Å². The second kappa shape index (κ2) is 10.9. The number of hydrogen-bond acceptors (Lipinski definition) is 6. The Kier molecular flexibility index (Phi) is 7.46. The number of carbonyl (C=O) groups excluding carboxylic acids is 1. The minimum atomic E-state index is -1.69. The molecule has 11 heteroatoms. The molecule has 0 aliphatic heterocycles. The fraction of sp³-hybridized carbons (Fsp3) is 0.344. The molecule has 2 atom stereocenters. The summed E-state index contributed by atoms with van der Waals surface area (Å²) in [4.78, 5) is 22.4. The number of nitrogens with one attached hydrogen (secondary N) is 1. The number of aromatic nitrogens is 2. The zero-order chi connectivity index (χ0) is 30.7. The van der Waals surface area contributed by atoms with Gasteiger partial charge in [-0.15, -0.1) is 0 Å². The molecule has 1 unspecified atom stereocenters. The fourth-order valence-corrected chi connectivity index (χ4v) is 5.65. The summed E-state index contributed by atoms with van der Waals surface area (Å²) >= 11 is 3.43. The Morgan fingerprint density at radius 3 is 2.49 bits per heavy atom. The van der Waals surface area contributed by atoms with Crippen molar-refractivity contribution in [3.05, 3.63) is 87.2 Å². The van der Waals surface area contributed by atoms with Gasteiger partial charge >= 0.3 is 0 Å². The van der Waals surface area contributed by atoms with Gasteiger partial charge in [0.15, 0.2) is 5.82 Å². The van der Waals surface area contributed by atoms with Gasteiger partial charge in [-0.3, -0.25) is 4.79 Å². The summed E-state index contributed by atoms with van der Waals surface area (Å²) in [6.07, 6.45) is 0.353. The fourth-order valence-electron chi connectivity index (χ4n) is 5.32. The number of nitrogens with zero attached hydrogens (tertiary/aromatic N) is 2. The highest BCUT2D eigenvalue weighted by atomic mass is 79.9. The Morgan fingerprint density at radius 1 is 1.16 bits per heavy atom. The molecule has 2 saturated carbocycles. The smallest absolute Gasteiger partial charge is 0.251 e. The molecule has 0 saturated heterocycles. The predicted octanol–water partition coefficient (Wildman–Crippen LogP) is 6.35. The molecule has 224 valence electrons. The van der Waals surface area contributed by atoms with Gasteiger partial charge in [-0.2, -0.15) is 0 Å². The minimum absolute atomic E-state index is 0.00672. The largest absolute Gasteiger partial charge is 0.458 e. The third kappa shape index (κ3) is 5.73. The van der Waals surface area contributed by atoms with E-state index in [1.165, 1.54) is 43.3 Å². The summed E-state index contributed by atoms with van der Waals surface area (Å²) in [5, 5.41) is 26.2. The Hall–Kier alpha value is -3.54. The van der Waals surface area contributed by atoms with Crippen molar-refractivity contribution in [2.45, 2.75) is 57.1 Å². The maximum Gasteiger partial charge on any atom is 0.251 e. The molecule has 1 amide bonds. The SMILES string of the molecule is Cc1nc2c(OC(C)F)cc(C(=O)NC[C@](O)(c3cc(C4(O)CC4)c(F)c(-c4ccc(F)cc4)n3)C3CC3)cc2cc1Br. The number of carbonyl (C=O) groups is 1. The van der Waals surface area contributed by atoms with Gasteiger partial charge < -0.3 is 20.3 Å². The first-order valence-electron chi connectivity index (χ1n) is 14.0. The number of amides is 1. The van der Waals surface area contributed by atoms with Crippen LogP contribution in [0.1, 0.15) is 59.9 Å². The first-order valence-corrected chi connectivity index (χ1v) is 14.8. The number of aliphatic hydroxyl groups is 2. The second-order valence-electron chi connectivity index (χ2n) is 11.4. The normalized spacial score (nSPS) is 17.8. The van der Waals surface area contributed by atoms with Crippen molar-refractivity contribution in [2.75, 3.05) is 6.54 Å². The molecule has 6 rings (SSSR count). The van der Waals surface area contributed by atoms with Gasteiger partial charge in [0, 0.05) is 33.5 Å². The Bertz CT molecular complexity index is 1740. The zero-order valence-corrected chi connectivity index (χ0v) is 25.0. The van der Waals surface area contributed by atoms with E-state index >= 15 is 4.39 Å². The lowest BCUT2D eigenvalue weighted by Crippen LogP contribution is -2.43. The van der Waals surface area contributed by atoms with Gasteiger partial charge in [0.1, 0.15) is 28.4 Å². The lowest BCUT2D eigenvalue weighted by Gasteiger charge is -2.30. The molecule has 2 aliphatic rings. The van der Waals surface area contributed by atoms with E-state index < -0.39 is 35.1 Å². The van der Waals surface area contributed by atoms with Gasteiger partial charge in [0.25, 0.3) is 5.91 Å². The van der Waals surface area contributed by atoms with Crippen LogP contribution in [0.25, 0.3) is 22.2 Å². The quantitative estimate of drug-likeness (QED) is 0.194. The number of rotatable bonds is 9. The summed E-state index contributed by atoms with van der Waals surface area (Å²) < 4.78 is 49.2. The number of aryl methyl sites for hydroxylation is 1. The third-order valence-electron chi connectivity index (χ3n) is 8.08. The van der Waals surface area contributed by atoms with E-state index in [2.05, 4.69) is 31.2 Å². The van der Waals surface area contributed by atoms with Crippen LogP contribution in [-0.4, -0.2) is 39.0 Å². The summed E-state index contributed by atoms with van der Waals surface area (Å²) in [6.45, 7) is 2.74. The molecular weight excluding hydrogens is 627 g/mol. The van der Waals surface area contributed by atoms with Gasteiger partial charge in [-0.05, 0) is 103 Å². The molecule has 0 spiro atoms. The van der Waals surface area contributed by atoms with Gasteiger partial charge in [-0.1, -0.05) is 0 Å². The molecule has 2 aliphatic carbocycles. The van der Waals surface area contributed by atoms with Crippen molar-refractivity contribution in [1.29, 1.82) is 0 Å². The monoisotopic (exact) mass is 655 g/mol. The summed E-state index contributed by atoms with van der Waals surface area (Å²) in [6, 6.07) is 11.3.